The van der Waals surface area contributed by atoms with Crippen molar-refractivity contribution in [1.29, 1.82) is 0 Å². The second-order valence-corrected chi connectivity index (χ2v) is 3.97. The third-order valence-corrected chi connectivity index (χ3v) is 2.80. The van der Waals surface area contributed by atoms with Gasteiger partial charge in [0.05, 0.1) is 0 Å². The first-order chi connectivity index (χ1) is 7.40. The summed E-state index contributed by atoms with van der Waals surface area (Å²) in [7, 11) is 0. The molecule has 0 spiro atoms. The molecular formula is C13H18N2. The van der Waals surface area contributed by atoms with Crippen molar-refractivity contribution < 1.29 is 0 Å². The molecule has 0 aliphatic carbocycles. The summed E-state index contributed by atoms with van der Waals surface area (Å²) < 4.78 is 0. The molecule has 1 aliphatic heterocycles. The second-order valence-electron chi connectivity index (χ2n) is 3.97. The highest BCUT2D eigenvalue weighted by Gasteiger charge is 2.16. The molecule has 0 fully saturated rings. The highest BCUT2D eigenvalue weighted by atomic mass is 15.1. The van der Waals surface area contributed by atoms with Gasteiger partial charge in [-0.1, -0.05) is 30.3 Å². The highest BCUT2D eigenvalue weighted by molar-refractivity contribution is 5.30. The van der Waals surface area contributed by atoms with Crippen molar-refractivity contribution in [3.63, 3.8) is 0 Å². The molecule has 2 rings (SSSR count). The minimum atomic E-state index is 0.904. The first-order valence-electron chi connectivity index (χ1n) is 5.51. The van der Waals surface area contributed by atoms with E-state index in [4.69, 9.17) is 0 Å². The van der Waals surface area contributed by atoms with Gasteiger partial charge in [0.25, 0.3) is 0 Å². The van der Waals surface area contributed by atoms with Crippen LogP contribution < -0.4 is 5.32 Å². The van der Waals surface area contributed by atoms with Crippen molar-refractivity contribution in [2.24, 2.45) is 0 Å². The standard InChI is InChI=1S/C13H18N2/c1-2-7-14-8-9-15-10-12-5-3-4-6-13(12)11-15/h2-6,14H,1,7-11H2. The van der Waals surface area contributed by atoms with Crippen LogP contribution in [0.2, 0.25) is 0 Å². The Labute approximate surface area is 91.6 Å². The molecule has 1 aromatic rings. The van der Waals surface area contributed by atoms with Crippen LogP contribution in [0.25, 0.3) is 0 Å². The Kier molecular flexibility index (Phi) is 3.54. The number of benzene rings is 1. The van der Waals surface area contributed by atoms with Crippen LogP contribution in [-0.4, -0.2) is 24.5 Å². The summed E-state index contributed by atoms with van der Waals surface area (Å²) in [4.78, 5) is 2.47. The summed E-state index contributed by atoms with van der Waals surface area (Å²) in [5.74, 6) is 0. The smallest absolute Gasteiger partial charge is 0.0241 e. The molecule has 15 heavy (non-hydrogen) atoms. The summed E-state index contributed by atoms with van der Waals surface area (Å²) >= 11 is 0. The normalized spacial score (nSPS) is 15.2. The van der Waals surface area contributed by atoms with E-state index in [1.54, 1.807) is 0 Å². The number of hydrogen-bond donors (Lipinski definition) is 1. The van der Waals surface area contributed by atoms with Crippen molar-refractivity contribution in [3.8, 4) is 0 Å². The van der Waals surface area contributed by atoms with E-state index in [1.807, 2.05) is 6.08 Å². The Morgan fingerprint density at radius 2 is 1.93 bits per heavy atom. The van der Waals surface area contributed by atoms with Crippen LogP contribution in [0.3, 0.4) is 0 Å². The van der Waals surface area contributed by atoms with Gasteiger partial charge in [-0.15, -0.1) is 6.58 Å². The first-order valence-corrected chi connectivity index (χ1v) is 5.51. The number of hydrogen-bond acceptors (Lipinski definition) is 2. The monoisotopic (exact) mass is 202 g/mol. The lowest BCUT2D eigenvalue weighted by Crippen LogP contribution is -2.28. The largest absolute Gasteiger partial charge is 0.312 e. The topological polar surface area (TPSA) is 15.3 Å². The fourth-order valence-corrected chi connectivity index (χ4v) is 2.00. The Hall–Kier alpha value is -1.12. The van der Waals surface area contributed by atoms with E-state index in [0.717, 1.165) is 32.7 Å². The Morgan fingerprint density at radius 3 is 2.53 bits per heavy atom. The van der Waals surface area contributed by atoms with Crippen molar-refractivity contribution in [2.45, 2.75) is 13.1 Å². The number of fused-ring (bicyclic) bond motifs is 1. The lowest BCUT2D eigenvalue weighted by atomic mass is 10.1. The zero-order chi connectivity index (χ0) is 10.5. The number of nitrogens with one attached hydrogen (secondary N) is 1. The van der Waals surface area contributed by atoms with Crippen LogP contribution in [-0.2, 0) is 13.1 Å². The van der Waals surface area contributed by atoms with E-state index >= 15 is 0 Å². The molecule has 2 nitrogen and oxygen atoms in total. The van der Waals surface area contributed by atoms with Gasteiger partial charge in [0.2, 0.25) is 0 Å². The highest BCUT2D eigenvalue weighted by Crippen LogP contribution is 2.21. The van der Waals surface area contributed by atoms with Crippen molar-refractivity contribution in [1.82, 2.24) is 10.2 Å². The lowest BCUT2D eigenvalue weighted by Gasteiger charge is -2.14. The van der Waals surface area contributed by atoms with Gasteiger partial charge in [-0.3, -0.25) is 4.90 Å². The van der Waals surface area contributed by atoms with Gasteiger partial charge in [0.15, 0.2) is 0 Å². The second kappa shape index (κ2) is 5.10. The predicted molar refractivity (Wildman–Crippen MR) is 63.6 cm³/mol. The van der Waals surface area contributed by atoms with E-state index in [-0.39, 0.29) is 0 Å². The van der Waals surface area contributed by atoms with Crippen LogP contribution in [0.5, 0.6) is 0 Å². The molecule has 0 radical (unpaired) electrons. The molecule has 0 saturated carbocycles. The van der Waals surface area contributed by atoms with E-state index in [1.165, 1.54) is 11.1 Å². The van der Waals surface area contributed by atoms with E-state index in [9.17, 15) is 0 Å². The third kappa shape index (κ3) is 2.67. The zero-order valence-corrected chi connectivity index (χ0v) is 9.08. The minimum absolute atomic E-state index is 0.904. The maximum atomic E-state index is 3.69. The van der Waals surface area contributed by atoms with Crippen molar-refractivity contribution >= 4 is 0 Å². The molecule has 0 atom stereocenters. The van der Waals surface area contributed by atoms with Crippen LogP contribution in [0.15, 0.2) is 36.9 Å². The summed E-state index contributed by atoms with van der Waals surface area (Å²) in [5, 5.41) is 3.33. The quantitative estimate of drug-likeness (QED) is 0.578. The van der Waals surface area contributed by atoms with Gasteiger partial charge in [0.1, 0.15) is 0 Å². The van der Waals surface area contributed by atoms with Crippen LogP contribution in [0, 0.1) is 0 Å². The van der Waals surface area contributed by atoms with Crippen LogP contribution >= 0.6 is 0 Å². The molecule has 0 aromatic heterocycles. The molecule has 1 N–H and O–H groups in total. The maximum Gasteiger partial charge on any atom is 0.0241 e. The summed E-state index contributed by atoms with van der Waals surface area (Å²) in [5.41, 5.74) is 2.97. The van der Waals surface area contributed by atoms with Gasteiger partial charge in [-0.05, 0) is 11.1 Å². The summed E-state index contributed by atoms with van der Waals surface area (Å²) in [6, 6.07) is 8.70. The predicted octanol–water partition coefficient (Wildman–Crippen LogP) is 1.78. The molecular weight excluding hydrogens is 184 g/mol. The fraction of sp³-hybridized carbons (Fsp3) is 0.385. The fourth-order valence-electron chi connectivity index (χ4n) is 2.00. The maximum absolute atomic E-state index is 3.69. The SMILES string of the molecule is C=CCNCCN1Cc2ccccc2C1. The van der Waals surface area contributed by atoms with E-state index < -0.39 is 0 Å². The van der Waals surface area contributed by atoms with Gasteiger partial charge < -0.3 is 5.32 Å². The third-order valence-electron chi connectivity index (χ3n) is 2.80. The van der Waals surface area contributed by atoms with Crippen LogP contribution in [0.4, 0.5) is 0 Å². The van der Waals surface area contributed by atoms with E-state index in [0.29, 0.717) is 0 Å². The average Bonchev–Trinajstić information content (AvgIpc) is 2.67. The Morgan fingerprint density at radius 1 is 1.27 bits per heavy atom. The Bertz CT molecular complexity index is 308. The van der Waals surface area contributed by atoms with Gasteiger partial charge >= 0.3 is 0 Å². The summed E-state index contributed by atoms with van der Waals surface area (Å²) in [6.45, 7) is 8.95. The zero-order valence-electron chi connectivity index (χ0n) is 9.08. The minimum Gasteiger partial charge on any atom is -0.312 e. The molecule has 1 aliphatic rings. The molecule has 1 aromatic carbocycles. The van der Waals surface area contributed by atoms with E-state index in [2.05, 4.69) is 41.1 Å². The molecule has 1 heterocycles. The molecule has 0 unspecified atom stereocenters. The Balaban J connectivity index is 1.78. The van der Waals surface area contributed by atoms with Crippen LogP contribution in [0.1, 0.15) is 11.1 Å². The lowest BCUT2D eigenvalue weighted by molar-refractivity contribution is 0.285. The van der Waals surface area contributed by atoms with Crippen molar-refractivity contribution in [2.75, 3.05) is 19.6 Å². The average molecular weight is 202 g/mol. The first kappa shape index (κ1) is 10.4. The summed E-state index contributed by atoms with van der Waals surface area (Å²) in [6.07, 6.45) is 1.90. The van der Waals surface area contributed by atoms with Gasteiger partial charge in [-0.2, -0.15) is 0 Å². The molecule has 2 heteroatoms. The van der Waals surface area contributed by atoms with Gasteiger partial charge in [0, 0.05) is 32.7 Å². The molecule has 0 saturated heterocycles. The number of rotatable bonds is 5. The molecule has 80 valence electrons. The van der Waals surface area contributed by atoms with Gasteiger partial charge in [-0.25, -0.2) is 0 Å². The number of nitrogens with zero attached hydrogens (tertiary/aromatic N) is 1. The molecule has 0 bridgehead atoms. The van der Waals surface area contributed by atoms with Crippen molar-refractivity contribution in [3.05, 3.63) is 48.0 Å². The molecule has 0 amide bonds.